The molecule has 0 aliphatic heterocycles. The molecule has 0 bridgehead atoms. The molecule has 2 atom stereocenters. The fourth-order valence-corrected chi connectivity index (χ4v) is 2.27. The summed E-state index contributed by atoms with van der Waals surface area (Å²) in [7, 11) is 0. The Morgan fingerprint density at radius 1 is 1.46 bits per heavy atom. The second kappa shape index (κ2) is 4.97. The summed E-state index contributed by atoms with van der Waals surface area (Å²) in [6.45, 7) is 5.98. The van der Waals surface area contributed by atoms with Crippen LogP contribution in [0.3, 0.4) is 0 Å². The van der Waals surface area contributed by atoms with Gasteiger partial charge >= 0.3 is 0 Å². The summed E-state index contributed by atoms with van der Waals surface area (Å²) < 4.78 is 5.96. The maximum atomic E-state index is 5.96. The highest BCUT2D eigenvalue weighted by Crippen LogP contribution is 2.35. The molecule has 2 unspecified atom stereocenters. The first-order chi connectivity index (χ1) is 6.25. The van der Waals surface area contributed by atoms with Gasteiger partial charge in [0.15, 0.2) is 0 Å². The molecule has 0 heterocycles. The van der Waals surface area contributed by atoms with Gasteiger partial charge in [0.25, 0.3) is 0 Å². The topological polar surface area (TPSA) is 35.2 Å². The third-order valence-electron chi connectivity index (χ3n) is 3.32. The van der Waals surface area contributed by atoms with Crippen molar-refractivity contribution in [2.24, 2.45) is 11.7 Å². The smallest absolute Gasteiger partial charge is 0.0829 e. The molecule has 2 N–H and O–H groups in total. The standard InChI is InChI=1S/C11H23NO/c1-3-8-13-11(9-12)7-5-4-6-10(11)2/h10H,3-9,12H2,1-2H3. The van der Waals surface area contributed by atoms with Crippen LogP contribution in [0.5, 0.6) is 0 Å². The van der Waals surface area contributed by atoms with Crippen LogP contribution in [0.1, 0.15) is 46.0 Å². The number of hydrogen-bond acceptors (Lipinski definition) is 2. The van der Waals surface area contributed by atoms with Crippen molar-refractivity contribution in [1.82, 2.24) is 0 Å². The van der Waals surface area contributed by atoms with E-state index in [1.54, 1.807) is 0 Å². The van der Waals surface area contributed by atoms with E-state index < -0.39 is 0 Å². The summed E-state index contributed by atoms with van der Waals surface area (Å²) in [5, 5.41) is 0. The first kappa shape index (κ1) is 11.0. The predicted octanol–water partition coefficient (Wildman–Crippen LogP) is 2.32. The van der Waals surface area contributed by atoms with E-state index in [0.717, 1.165) is 19.4 Å². The zero-order valence-electron chi connectivity index (χ0n) is 9.01. The Kier molecular flexibility index (Phi) is 4.20. The number of rotatable bonds is 4. The zero-order valence-corrected chi connectivity index (χ0v) is 9.01. The van der Waals surface area contributed by atoms with Crippen LogP contribution < -0.4 is 5.73 Å². The van der Waals surface area contributed by atoms with Gasteiger partial charge in [0.1, 0.15) is 0 Å². The normalized spacial score (nSPS) is 34.8. The van der Waals surface area contributed by atoms with E-state index in [-0.39, 0.29) is 5.60 Å². The quantitative estimate of drug-likeness (QED) is 0.729. The Labute approximate surface area is 81.8 Å². The summed E-state index contributed by atoms with van der Waals surface area (Å²) >= 11 is 0. The molecular formula is C11H23NO. The highest BCUT2D eigenvalue weighted by Gasteiger charge is 2.37. The second-order valence-corrected chi connectivity index (χ2v) is 4.26. The molecule has 13 heavy (non-hydrogen) atoms. The third kappa shape index (κ3) is 2.44. The van der Waals surface area contributed by atoms with E-state index in [4.69, 9.17) is 10.5 Å². The first-order valence-electron chi connectivity index (χ1n) is 5.59. The van der Waals surface area contributed by atoms with Gasteiger partial charge in [-0.3, -0.25) is 0 Å². The van der Waals surface area contributed by atoms with Crippen molar-refractivity contribution in [3.63, 3.8) is 0 Å². The van der Waals surface area contributed by atoms with Crippen LogP contribution >= 0.6 is 0 Å². The molecule has 0 aromatic heterocycles. The van der Waals surface area contributed by atoms with Gasteiger partial charge in [-0.15, -0.1) is 0 Å². The Morgan fingerprint density at radius 2 is 2.23 bits per heavy atom. The van der Waals surface area contributed by atoms with Crippen molar-refractivity contribution in [3.05, 3.63) is 0 Å². The molecule has 78 valence electrons. The van der Waals surface area contributed by atoms with E-state index in [1.165, 1.54) is 19.3 Å². The lowest BCUT2D eigenvalue weighted by atomic mass is 9.76. The molecule has 0 saturated heterocycles. The molecule has 2 nitrogen and oxygen atoms in total. The molecule has 1 saturated carbocycles. The lowest BCUT2D eigenvalue weighted by Crippen LogP contribution is -2.48. The fourth-order valence-electron chi connectivity index (χ4n) is 2.27. The summed E-state index contributed by atoms with van der Waals surface area (Å²) in [5.41, 5.74) is 5.85. The summed E-state index contributed by atoms with van der Waals surface area (Å²) in [6, 6.07) is 0. The maximum absolute atomic E-state index is 5.96. The minimum absolute atomic E-state index is 0.00819. The van der Waals surface area contributed by atoms with Crippen molar-refractivity contribution in [2.75, 3.05) is 13.2 Å². The monoisotopic (exact) mass is 185 g/mol. The van der Waals surface area contributed by atoms with Crippen molar-refractivity contribution in [1.29, 1.82) is 0 Å². The Balaban J connectivity index is 2.53. The molecule has 1 aliphatic rings. The third-order valence-corrected chi connectivity index (χ3v) is 3.32. The van der Waals surface area contributed by atoms with Crippen LogP contribution in [-0.4, -0.2) is 18.8 Å². The van der Waals surface area contributed by atoms with Crippen LogP contribution in [0.25, 0.3) is 0 Å². The fraction of sp³-hybridized carbons (Fsp3) is 1.00. The van der Waals surface area contributed by atoms with Crippen molar-refractivity contribution < 1.29 is 4.74 Å². The van der Waals surface area contributed by atoms with Crippen LogP contribution in [0, 0.1) is 5.92 Å². The molecular weight excluding hydrogens is 162 g/mol. The van der Waals surface area contributed by atoms with E-state index in [9.17, 15) is 0 Å². The minimum atomic E-state index is 0.00819. The SMILES string of the molecule is CCCOC1(CN)CCCCC1C. The van der Waals surface area contributed by atoms with Crippen LogP contribution in [0.15, 0.2) is 0 Å². The van der Waals surface area contributed by atoms with E-state index in [0.29, 0.717) is 12.5 Å². The Bertz CT molecular complexity index is 149. The van der Waals surface area contributed by atoms with Gasteiger partial charge in [-0.1, -0.05) is 26.7 Å². The summed E-state index contributed by atoms with van der Waals surface area (Å²) in [4.78, 5) is 0. The summed E-state index contributed by atoms with van der Waals surface area (Å²) in [5.74, 6) is 0.637. The van der Waals surface area contributed by atoms with Crippen LogP contribution in [0.4, 0.5) is 0 Å². The van der Waals surface area contributed by atoms with Gasteiger partial charge in [-0.25, -0.2) is 0 Å². The molecule has 0 aromatic rings. The van der Waals surface area contributed by atoms with Gasteiger partial charge in [0.2, 0.25) is 0 Å². The predicted molar refractivity (Wildman–Crippen MR) is 55.7 cm³/mol. The van der Waals surface area contributed by atoms with E-state index in [1.807, 2.05) is 0 Å². The Morgan fingerprint density at radius 3 is 2.77 bits per heavy atom. The molecule has 2 heteroatoms. The largest absolute Gasteiger partial charge is 0.373 e. The van der Waals surface area contributed by atoms with Crippen molar-refractivity contribution in [3.8, 4) is 0 Å². The van der Waals surface area contributed by atoms with Crippen LogP contribution in [0.2, 0.25) is 0 Å². The van der Waals surface area contributed by atoms with Gasteiger partial charge in [-0.05, 0) is 25.2 Å². The van der Waals surface area contributed by atoms with E-state index in [2.05, 4.69) is 13.8 Å². The second-order valence-electron chi connectivity index (χ2n) is 4.26. The molecule has 0 radical (unpaired) electrons. The maximum Gasteiger partial charge on any atom is 0.0829 e. The molecule has 0 aromatic carbocycles. The molecule has 1 rings (SSSR count). The first-order valence-corrected chi connectivity index (χ1v) is 5.59. The van der Waals surface area contributed by atoms with Gasteiger partial charge in [-0.2, -0.15) is 0 Å². The zero-order chi connectivity index (χ0) is 9.73. The van der Waals surface area contributed by atoms with Gasteiger partial charge in [0, 0.05) is 13.2 Å². The molecule has 0 amide bonds. The number of nitrogens with two attached hydrogens (primary N) is 1. The average Bonchev–Trinajstić information content (AvgIpc) is 2.17. The van der Waals surface area contributed by atoms with Crippen molar-refractivity contribution >= 4 is 0 Å². The highest BCUT2D eigenvalue weighted by molar-refractivity contribution is 4.90. The van der Waals surface area contributed by atoms with Gasteiger partial charge in [0.05, 0.1) is 5.60 Å². The highest BCUT2D eigenvalue weighted by atomic mass is 16.5. The average molecular weight is 185 g/mol. The van der Waals surface area contributed by atoms with E-state index >= 15 is 0 Å². The van der Waals surface area contributed by atoms with Crippen molar-refractivity contribution in [2.45, 2.75) is 51.6 Å². The Hall–Kier alpha value is -0.0800. The molecule has 1 fully saturated rings. The lowest BCUT2D eigenvalue weighted by Gasteiger charge is -2.41. The van der Waals surface area contributed by atoms with Crippen LogP contribution in [-0.2, 0) is 4.74 Å². The van der Waals surface area contributed by atoms with Gasteiger partial charge < -0.3 is 10.5 Å². The molecule has 1 aliphatic carbocycles. The number of ether oxygens (including phenoxy) is 1. The number of hydrogen-bond donors (Lipinski definition) is 1. The lowest BCUT2D eigenvalue weighted by molar-refractivity contribution is -0.0963. The summed E-state index contributed by atoms with van der Waals surface area (Å²) in [6.07, 6.45) is 6.16. The molecule has 0 spiro atoms. The minimum Gasteiger partial charge on any atom is -0.373 e.